The van der Waals surface area contributed by atoms with Crippen molar-refractivity contribution in [2.75, 3.05) is 31.5 Å². The highest BCUT2D eigenvalue weighted by Gasteiger charge is 2.23. The van der Waals surface area contributed by atoms with Gasteiger partial charge < -0.3 is 24.1 Å². The number of anilines is 2. The summed E-state index contributed by atoms with van der Waals surface area (Å²) in [6.45, 7) is 1.49. The average Bonchev–Trinajstić information content (AvgIpc) is 3.22. The lowest BCUT2D eigenvalue weighted by Gasteiger charge is -2.15. The average molecular weight is 444 g/mol. The highest BCUT2D eigenvalue weighted by Crippen LogP contribution is 2.36. The summed E-state index contributed by atoms with van der Waals surface area (Å²) < 4.78 is 16.7. The van der Waals surface area contributed by atoms with Crippen molar-refractivity contribution in [2.45, 2.75) is 6.92 Å². The Morgan fingerprint density at radius 1 is 0.879 bits per heavy atom. The molecule has 0 radical (unpaired) electrons. The molecule has 1 N–H and O–H groups in total. The van der Waals surface area contributed by atoms with Gasteiger partial charge in [-0.2, -0.15) is 0 Å². The molecule has 3 aromatic carbocycles. The monoisotopic (exact) mass is 444 g/mol. The molecule has 2 amide bonds. The fourth-order valence-electron chi connectivity index (χ4n) is 3.52. The molecule has 33 heavy (non-hydrogen) atoms. The lowest BCUT2D eigenvalue weighted by Crippen LogP contribution is -2.22. The van der Waals surface area contributed by atoms with Crippen LogP contribution in [0, 0.1) is 0 Å². The van der Waals surface area contributed by atoms with E-state index in [0.29, 0.717) is 39.5 Å². The Morgan fingerprint density at radius 3 is 2.12 bits per heavy atom. The number of ether oxygens (including phenoxy) is 2. The van der Waals surface area contributed by atoms with Gasteiger partial charge in [-0.1, -0.05) is 0 Å². The summed E-state index contributed by atoms with van der Waals surface area (Å²) in [4.78, 5) is 26.5. The maximum Gasteiger partial charge on any atom is 0.260 e. The van der Waals surface area contributed by atoms with Gasteiger partial charge in [0, 0.05) is 36.3 Å². The molecule has 1 aromatic heterocycles. The first-order valence-electron chi connectivity index (χ1n) is 10.3. The highest BCUT2D eigenvalue weighted by atomic mass is 16.5. The molecule has 0 bridgehead atoms. The smallest absolute Gasteiger partial charge is 0.260 e. The summed E-state index contributed by atoms with van der Waals surface area (Å²) in [7, 11) is 4.87. The van der Waals surface area contributed by atoms with Crippen LogP contribution >= 0.6 is 0 Å². The van der Waals surface area contributed by atoms with Crippen LogP contribution in [0.25, 0.3) is 22.3 Å². The number of nitrogens with zero attached hydrogens (tertiary/aromatic N) is 1. The van der Waals surface area contributed by atoms with E-state index in [1.165, 1.54) is 11.8 Å². The van der Waals surface area contributed by atoms with Crippen LogP contribution in [-0.4, -0.2) is 33.1 Å². The summed E-state index contributed by atoms with van der Waals surface area (Å²) >= 11 is 0. The molecule has 0 saturated carbocycles. The zero-order chi connectivity index (χ0) is 23.5. The molecule has 7 heteroatoms. The summed E-state index contributed by atoms with van der Waals surface area (Å²) in [6.07, 6.45) is 0. The van der Waals surface area contributed by atoms with Crippen molar-refractivity contribution in [3.63, 3.8) is 0 Å². The minimum atomic E-state index is -0.319. The quantitative estimate of drug-likeness (QED) is 0.433. The Labute approximate surface area is 191 Å². The number of carbonyl (C=O) groups is 2. The summed E-state index contributed by atoms with van der Waals surface area (Å²) in [6, 6.07) is 19.7. The second-order valence-electron chi connectivity index (χ2n) is 7.48. The molecule has 0 aliphatic carbocycles. The van der Waals surface area contributed by atoms with Gasteiger partial charge in [0.25, 0.3) is 5.91 Å². The van der Waals surface area contributed by atoms with E-state index in [0.717, 1.165) is 11.3 Å². The molecule has 0 saturated heterocycles. The number of carbonyl (C=O) groups excluding carboxylic acids is 2. The lowest BCUT2D eigenvalue weighted by molar-refractivity contribution is -0.116. The first-order valence-corrected chi connectivity index (χ1v) is 10.3. The Kier molecular flexibility index (Phi) is 6.04. The van der Waals surface area contributed by atoms with Gasteiger partial charge in [-0.05, 0) is 66.7 Å². The molecular formula is C26H24N2O5. The van der Waals surface area contributed by atoms with Crippen molar-refractivity contribution >= 4 is 34.2 Å². The molecule has 7 nitrogen and oxygen atoms in total. The molecule has 0 spiro atoms. The SMILES string of the molecule is COc1ccc(-c2oc3ccc(OC)cc3c2C(=O)Nc2ccc(N(C)C(C)=O)cc2)cc1. The number of fused-ring (bicyclic) bond motifs is 1. The van der Waals surface area contributed by atoms with Crippen molar-refractivity contribution in [3.05, 3.63) is 72.3 Å². The van der Waals surface area contributed by atoms with Crippen LogP contribution in [0.1, 0.15) is 17.3 Å². The van der Waals surface area contributed by atoms with E-state index in [-0.39, 0.29) is 11.8 Å². The number of benzene rings is 3. The van der Waals surface area contributed by atoms with Gasteiger partial charge in [0.2, 0.25) is 5.91 Å². The summed E-state index contributed by atoms with van der Waals surface area (Å²) in [5.74, 6) is 1.38. The number of furan rings is 1. The molecule has 4 aromatic rings. The normalized spacial score (nSPS) is 10.7. The van der Waals surface area contributed by atoms with Crippen LogP contribution in [0.4, 0.5) is 11.4 Å². The minimum absolute atomic E-state index is 0.0743. The number of amides is 2. The Hall–Kier alpha value is -4.26. The van der Waals surface area contributed by atoms with Gasteiger partial charge in [-0.15, -0.1) is 0 Å². The van der Waals surface area contributed by atoms with Gasteiger partial charge in [-0.3, -0.25) is 9.59 Å². The predicted octanol–water partition coefficient (Wildman–Crippen LogP) is 5.35. The molecule has 1 heterocycles. The minimum Gasteiger partial charge on any atom is -0.497 e. The van der Waals surface area contributed by atoms with E-state index in [2.05, 4.69) is 5.32 Å². The van der Waals surface area contributed by atoms with E-state index < -0.39 is 0 Å². The van der Waals surface area contributed by atoms with Crippen molar-refractivity contribution in [2.24, 2.45) is 0 Å². The molecule has 168 valence electrons. The number of methoxy groups -OCH3 is 2. The number of nitrogens with one attached hydrogen (secondary N) is 1. The Morgan fingerprint density at radius 2 is 1.52 bits per heavy atom. The van der Waals surface area contributed by atoms with Crippen LogP contribution < -0.4 is 19.7 Å². The Balaban J connectivity index is 1.74. The topological polar surface area (TPSA) is 81.0 Å². The first-order chi connectivity index (χ1) is 15.9. The van der Waals surface area contributed by atoms with Gasteiger partial charge in [0.05, 0.1) is 19.8 Å². The maximum absolute atomic E-state index is 13.4. The standard InChI is InChI=1S/C26H24N2O5/c1-16(29)28(2)19-9-7-18(8-10-19)27-26(30)24-22-15-21(32-4)13-14-23(22)33-25(24)17-5-11-20(31-3)12-6-17/h5-15H,1-4H3,(H,27,30). The third-order valence-electron chi connectivity index (χ3n) is 5.46. The number of hydrogen-bond donors (Lipinski definition) is 1. The van der Waals surface area contributed by atoms with Crippen LogP contribution in [0.15, 0.2) is 71.1 Å². The zero-order valence-electron chi connectivity index (χ0n) is 18.8. The zero-order valence-corrected chi connectivity index (χ0v) is 18.8. The Bertz CT molecular complexity index is 1310. The first kappa shape index (κ1) is 22.0. The van der Waals surface area contributed by atoms with Crippen molar-refractivity contribution in [1.82, 2.24) is 0 Å². The van der Waals surface area contributed by atoms with Crippen LogP contribution in [-0.2, 0) is 4.79 Å². The third kappa shape index (κ3) is 4.39. The van der Waals surface area contributed by atoms with E-state index in [1.807, 2.05) is 24.3 Å². The van der Waals surface area contributed by atoms with Gasteiger partial charge in [0.15, 0.2) is 0 Å². The van der Waals surface area contributed by atoms with Gasteiger partial charge in [-0.25, -0.2) is 0 Å². The maximum atomic E-state index is 13.4. The predicted molar refractivity (Wildman–Crippen MR) is 128 cm³/mol. The van der Waals surface area contributed by atoms with Crippen LogP contribution in [0.3, 0.4) is 0 Å². The van der Waals surface area contributed by atoms with Crippen molar-refractivity contribution in [1.29, 1.82) is 0 Å². The molecule has 0 fully saturated rings. The van der Waals surface area contributed by atoms with Crippen LogP contribution in [0.2, 0.25) is 0 Å². The van der Waals surface area contributed by atoms with E-state index >= 15 is 0 Å². The van der Waals surface area contributed by atoms with Gasteiger partial charge >= 0.3 is 0 Å². The number of hydrogen-bond acceptors (Lipinski definition) is 5. The van der Waals surface area contributed by atoms with E-state index in [4.69, 9.17) is 13.9 Å². The summed E-state index contributed by atoms with van der Waals surface area (Å²) in [5.41, 5.74) is 3.05. The highest BCUT2D eigenvalue weighted by molar-refractivity contribution is 6.16. The molecule has 0 atom stereocenters. The van der Waals surface area contributed by atoms with E-state index in [9.17, 15) is 9.59 Å². The molecule has 0 unspecified atom stereocenters. The second-order valence-corrected chi connectivity index (χ2v) is 7.48. The van der Waals surface area contributed by atoms with Crippen molar-refractivity contribution < 1.29 is 23.5 Å². The second kappa shape index (κ2) is 9.08. The summed E-state index contributed by atoms with van der Waals surface area (Å²) in [5, 5.41) is 3.58. The molecular weight excluding hydrogens is 420 g/mol. The largest absolute Gasteiger partial charge is 0.497 e. The fourth-order valence-corrected chi connectivity index (χ4v) is 3.52. The lowest BCUT2D eigenvalue weighted by atomic mass is 10.0. The molecule has 0 aliphatic rings. The van der Waals surface area contributed by atoms with E-state index in [1.54, 1.807) is 63.7 Å². The number of rotatable bonds is 6. The van der Waals surface area contributed by atoms with Crippen molar-refractivity contribution in [3.8, 4) is 22.8 Å². The third-order valence-corrected chi connectivity index (χ3v) is 5.46. The van der Waals surface area contributed by atoms with Crippen LogP contribution in [0.5, 0.6) is 11.5 Å². The van der Waals surface area contributed by atoms with Gasteiger partial charge in [0.1, 0.15) is 22.8 Å². The molecule has 0 aliphatic heterocycles. The molecule has 4 rings (SSSR count). The fraction of sp³-hybridized carbons (Fsp3) is 0.154.